The van der Waals surface area contributed by atoms with Gasteiger partial charge in [0.25, 0.3) is 0 Å². The highest BCUT2D eigenvalue weighted by atomic mass is 35.5. The Kier molecular flexibility index (Phi) is 6.73. The number of halogens is 1. The number of hydrogen-bond acceptors (Lipinski definition) is 5. The van der Waals surface area contributed by atoms with Gasteiger partial charge in [0.1, 0.15) is 4.90 Å². The predicted octanol–water partition coefficient (Wildman–Crippen LogP) is 2.50. The standard InChI is InChI=1S/C15H20ClNO5S/c1-5-17(6-2)23(20,21)14-9-12(7-8-13(14)16)15(19)22-11(4)10(3)18/h7-9,11H,5-6H2,1-4H3/t11-/m1/s1. The van der Waals surface area contributed by atoms with E-state index in [1.54, 1.807) is 13.8 Å². The summed E-state index contributed by atoms with van der Waals surface area (Å²) in [6.07, 6.45) is -0.902. The van der Waals surface area contributed by atoms with Crippen LogP contribution >= 0.6 is 11.6 Å². The van der Waals surface area contributed by atoms with E-state index in [-0.39, 0.29) is 34.4 Å². The summed E-state index contributed by atoms with van der Waals surface area (Å²) in [5.74, 6) is -1.08. The lowest BCUT2D eigenvalue weighted by Crippen LogP contribution is -2.31. The van der Waals surface area contributed by atoms with Crippen molar-refractivity contribution in [2.75, 3.05) is 13.1 Å². The van der Waals surface area contributed by atoms with Crippen molar-refractivity contribution in [1.29, 1.82) is 0 Å². The number of nitrogens with zero attached hydrogens (tertiary/aromatic N) is 1. The Morgan fingerprint density at radius 1 is 1.26 bits per heavy atom. The first-order chi connectivity index (χ1) is 10.6. The van der Waals surface area contributed by atoms with Crippen LogP contribution in [0.2, 0.25) is 5.02 Å². The maximum Gasteiger partial charge on any atom is 0.338 e. The molecule has 0 bridgehead atoms. The van der Waals surface area contributed by atoms with Crippen LogP contribution in [0.4, 0.5) is 0 Å². The number of rotatable bonds is 7. The Hall–Kier alpha value is -1.44. The molecule has 0 saturated heterocycles. The van der Waals surface area contributed by atoms with Crippen LogP contribution in [0.15, 0.2) is 23.1 Å². The second-order valence-electron chi connectivity index (χ2n) is 4.89. The lowest BCUT2D eigenvalue weighted by molar-refractivity contribution is -0.124. The van der Waals surface area contributed by atoms with Crippen molar-refractivity contribution in [2.24, 2.45) is 0 Å². The zero-order chi connectivity index (χ0) is 17.8. The average molecular weight is 362 g/mol. The summed E-state index contributed by atoms with van der Waals surface area (Å²) in [6, 6.07) is 3.86. The number of esters is 1. The summed E-state index contributed by atoms with van der Waals surface area (Å²) in [4.78, 5) is 23.0. The van der Waals surface area contributed by atoms with E-state index in [4.69, 9.17) is 16.3 Å². The molecule has 0 fully saturated rings. The summed E-state index contributed by atoms with van der Waals surface area (Å²) in [5.41, 5.74) is 0.0215. The van der Waals surface area contributed by atoms with E-state index in [2.05, 4.69) is 0 Å². The lowest BCUT2D eigenvalue weighted by Gasteiger charge is -2.19. The van der Waals surface area contributed by atoms with Crippen LogP contribution in [0.3, 0.4) is 0 Å². The number of carbonyl (C=O) groups excluding carboxylic acids is 2. The van der Waals surface area contributed by atoms with Crippen LogP contribution < -0.4 is 0 Å². The summed E-state index contributed by atoms with van der Waals surface area (Å²) < 4.78 is 31.3. The average Bonchev–Trinajstić information content (AvgIpc) is 2.48. The van der Waals surface area contributed by atoms with E-state index in [9.17, 15) is 18.0 Å². The minimum Gasteiger partial charge on any atom is -0.451 e. The zero-order valence-electron chi connectivity index (χ0n) is 13.5. The van der Waals surface area contributed by atoms with Gasteiger partial charge in [-0.2, -0.15) is 4.31 Å². The van der Waals surface area contributed by atoms with Gasteiger partial charge in [-0.1, -0.05) is 25.4 Å². The van der Waals surface area contributed by atoms with Crippen molar-refractivity contribution in [1.82, 2.24) is 4.31 Å². The van der Waals surface area contributed by atoms with Crippen molar-refractivity contribution < 1.29 is 22.7 Å². The smallest absolute Gasteiger partial charge is 0.338 e. The van der Waals surface area contributed by atoms with Gasteiger partial charge < -0.3 is 4.74 Å². The third-order valence-corrected chi connectivity index (χ3v) is 5.88. The third kappa shape index (κ3) is 4.53. The highest BCUT2D eigenvalue weighted by molar-refractivity contribution is 7.89. The number of hydrogen-bond donors (Lipinski definition) is 0. The van der Waals surface area contributed by atoms with Crippen LogP contribution in [0.5, 0.6) is 0 Å². The molecule has 128 valence electrons. The monoisotopic (exact) mass is 361 g/mol. The molecule has 1 rings (SSSR count). The van der Waals surface area contributed by atoms with Crippen LogP contribution in [0, 0.1) is 0 Å². The summed E-state index contributed by atoms with van der Waals surface area (Å²) in [7, 11) is -3.81. The van der Waals surface area contributed by atoms with Crippen LogP contribution in [-0.4, -0.2) is 43.7 Å². The molecule has 0 saturated carbocycles. The predicted molar refractivity (Wildman–Crippen MR) is 87.1 cm³/mol. The van der Waals surface area contributed by atoms with Crippen molar-refractivity contribution in [3.8, 4) is 0 Å². The molecule has 0 aliphatic heterocycles. The second kappa shape index (κ2) is 7.90. The van der Waals surface area contributed by atoms with E-state index < -0.39 is 22.1 Å². The van der Waals surface area contributed by atoms with Crippen LogP contribution in [0.25, 0.3) is 0 Å². The molecule has 1 aromatic rings. The highest BCUT2D eigenvalue weighted by Gasteiger charge is 2.26. The Morgan fingerprint density at radius 3 is 2.30 bits per heavy atom. The first-order valence-electron chi connectivity index (χ1n) is 7.16. The first-order valence-corrected chi connectivity index (χ1v) is 8.98. The Labute approximate surface area is 141 Å². The molecule has 0 radical (unpaired) electrons. The molecule has 1 atom stereocenters. The molecular weight excluding hydrogens is 342 g/mol. The minimum atomic E-state index is -3.81. The van der Waals surface area contributed by atoms with Crippen molar-refractivity contribution in [2.45, 2.75) is 38.7 Å². The molecule has 8 heteroatoms. The molecule has 23 heavy (non-hydrogen) atoms. The van der Waals surface area contributed by atoms with E-state index in [0.717, 1.165) is 0 Å². The normalized spacial score (nSPS) is 13.0. The number of sulfonamides is 1. The number of carbonyl (C=O) groups is 2. The van der Waals surface area contributed by atoms with Crippen molar-refractivity contribution in [3.63, 3.8) is 0 Å². The molecule has 6 nitrogen and oxygen atoms in total. The van der Waals surface area contributed by atoms with Gasteiger partial charge in [0.2, 0.25) is 10.0 Å². The Bertz CT molecular complexity index is 698. The maximum absolute atomic E-state index is 12.6. The quantitative estimate of drug-likeness (QED) is 0.697. The minimum absolute atomic E-state index is 0.0214. The number of Topliss-reactive ketones (excluding diaryl/α,β-unsaturated/α-hetero) is 1. The highest BCUT2D eigenvalue weighted by Crippen LogP contribution is 2.26. The zero-order valence-corrected chi connectivity index (χ0v) is 15.1. The third-order valence-electron chi connectivity index (χ3n) is 3.35. The number of ketones is 1. The van der Waals surface area contributed by atoms with E-state index >= 15 is 0 Å². The number of ether oxygens (including phenoxy) is 1. The molecule has 0 aromatic heterocycles. The van der Waals surface area contributed by atoms with Crippen LogP contribution in [0.1, 0.15) is 38.1 Å². The summed E-state index contributed by atoms with van der Waals surface area (Å²) in [5, 5.41) is 0.0214. The van der Waals surface area contributed by atoms with Gasteiger partial charge in [-0.25, -0.2) is 13.2 Å². The Balaban J connectivity index is 3.23. The molecule has 1 aromatic carbocycles. The lowest BCUT2D eigenvalue weighted by atomic mass is 10.2. The van der Waals surface area contributed by atoms with Gasteiger partial charge in [-0.3, -0.25) is 4.79 Å². The summed E-state index contributed by atoms with van der Waals surface area (Å²) >= 11 is 5.99. The molecular formula is C15H20ClNO5S. The van der Waals surface area contributed by atoms with Gasteiger partial charge in [0.05, 0.1) is 10.6 Å². The topological polar surface area (TPSA) is 80.8 Å². The second-order valence-corrected chi connectivity index (χ2v) is 7.21. The first kappa shape index (κ1) is 19.6. The largest absolute Gasteiger partial charge is 0.451 e. The molecule has 0 N–H and O–H groups in total. The molecule has 0 aliphatic rings. The van der Waals surface area contributed by atoms with Crippen molar-refractivity contribution >= 4 is 33.4 Å². The van der Waals surface area contributed by atoms with E-state index in [0.29, 0.717) is 0 Å². The summed E-state index contributed by atoms with van der Waals surface area (Å²) in [6.45, 7) is 6.74. The van der Waals surface area contributed by atoms with Crippen LogP contribution in [-0.2, 0) is 19.6 Å². The fourth-order valence-electron chi connectivity index (χ4n) is 1.84. The van der Waals surface area contributed by atoms with E-state index in [1.807, 2.05) is 0 Å². The maximum atomic E-state index is 12.6. The van der Waals surface area contributed by atoms with Gasteiger partial charge in [0, 0.05) is 13.1 Å². The van der Waals surface area contributed by atoms with Gasteiger partial charge >= 0.3 is 5.97 Å². The van der Waals surface area contributed by atoms with Crippen molar-refractivity contribution in [3.05, 3.63) is 28.8 Å². The fraction of sp³-hybridized carbons (Fsp3) is 0.467. The fourth-order valence-corrected chi connectivity index (χ4v) is 3.80. The molecule has 0 aliphatic carbocycles. The SMILES string of the molecule is CCN(CC)S(=O)(=O)c1cc(C(=O)O[C@H](C)C(C)=O)ccc1Cl. The molecule has 0 heterocycles. The van der Waals surface area contributed by atoms with E-state index in [1.165, 1.54) is 36.4 Å². The van der Waals surface area contributed by atoms with Gasteiger partial charge in [0.15, 0.2) is 11.9 Å². The Morgan fingerprint density at radius 2 is 1.83 bits per heavy atom. The number of benzene rings is 1. The van der Waals surface area contributed by atoms with Gasteiger partial charge in [-0.05, 0) is 32.0 Å². The van der Waals surface area contributed by atoms with Gasteiger partial charge in [-0.15, -0.1) is 0 Å². The molecule has 0 amide bonds. The molecule has 0 unspecified atom stereocenters. The molecule has 0 spiro atoms.